The first-order valence-corrected chi connectivity index (χ1v) is 13.8. The summed E-state index contributed by atoms with van der Waals surface area (Å²) in [6.07, 6.45) is 0.811. The maximum absolute atomic E-state index is 15.0. The van der Waals surface area contributed by atoms with Crippen molar-refractivity contribution < 1.29 is 41.0 Å². The van der Waals surface area contributed by atoms with Gasteiger partial charge in [0.05, 0.1) is 16.8 Å². The lowest BCUT2D eigenvalue weighted by atomic mass is 9.78. The average Bonchev–Trinajstić information content (AvgIpc) is 3.77. The van der Waals surface area contributed by atoms with Crippen molar-refractivity contribution in [2.24, 2.45) is 23.5 Å². The zero-order valence-corrected chi connectivity index (χ0v) is 22.0. The first kappa shape index (κ1) is 28.0. The fourth-order valence-electron chi connectivity index (χ4n) is 6.34. The van der Waals surface area contributed by atoms with Crippen LogP contribution < -0.4 is 10.6 Å². The summed E-state index contributed by atoms with van der Waals surface area (Å²) < 4.78 is 86.6. The standard InChI is InChI=1S/C29H29F6N3O3/c30-18-9-21(31)25(22(32)10-18)28(41)24-20(29(33,34)35)7-17(26(36)39)8-23(24)38(27(28)40)13-16-5-19(6-16)37(11-14-1-2-14)12-15-3-4-15/h7-10,14-16,19,41H,1-6,11-13H2,(H2,36,39). The molecule has 4 aliphatic rings. The van der Waals surface area contributed by atoms with E-state index >= 15 is 0 Å². The summed E-state index contributed by atoms with van der Waals surface area (Å²) in [5.41, 5.74) is -3.47. The molecule has 12 heteroatoms. The largest absolute Gasteiger partial charge is 0.416 e. The quantitative estimate of drug-likeness (QED) is 0.421. The molecule has 3 N–H and O–H groups in total. The Bertz CT molecular complexity index is 1380. The number of hydrogen-bond donors (Lipinski definition) is 2. The van der Waals surface area contributed by atoms with Crippen molar-refractivity contribution in [3.8, 4) is 0 Å². The van der Waals surface area contributed by atoms with Gasteiger partial charge in [0, 0.05) is 48.9 Å². The van der Waals surface area contributed by atoms with Gasteiger partial charge < -0.3 is 15.7 Å². The van der Waals surface area contributed by atoms with Crippen LogP contribution in [0.2, 0.25) is 0 Å². The molecule has 6 nitrogen and oxygen atoms in total. The van der Waals surface area contributed by atoms with Crippen molar-refractivity contribution in [1.82, 2.24) is 4.90 Å². The van der Waals surface area contributed by atoms with Gasteiger partial charge in [0.1, 0.15) is 17.5 Å². The van der Waals surface area contributed by atoms with Gasteiger partial charge in [0.2, 0.25) is 11.5 Å². The molecule has 41 heavy (non-hydrogen) atoms. The van der Waals surface area contributed by atoms with Gasteiger partial charge in [-0.2, -0.15) is 13.2 Å². The van der Waals surface area contributed by atoms with Gasteiger partial charge in [0.25, 0.3) is 5.91 Å². The summed E-state index contributed by atoms with van der Waals surface area (Å²) in [5, 5.41) is 11.6. The Morgan fingerprint density at radius 3 is 2.00 bits per heavy atom. The normalized spacial score (nSPS) is 26.0. The molecular weight excluding hydrogens is 552 g/mol. The second-order valence-electron chi connectivity index (χ2n) is 12.0. The third-order valence-corrected chi connectivity index (χ3v) is 8.83. The van der Waals surface area contributed by atoms with Crippen LogP contribution in [0.25, 0.3) is 0 Å². The van der Waals surface area contributed by atoms with Crippen LogP contribution in [0.5, 0.6) is 0 Å². The van der Waals surface area contributed by atoms with Crippen molar-refractivity contribution in [3.05, 3.63) is 64.0 Å². The molecule has 3 saturated carbocycles. The van der Waals surface area contributed by atoms with Crippen LogP contribution in [0.3, 0.4) is 0 Å². The Morgan fingerprint density at radius 2 is 1.51 bits per heavy atom. The third kappa shape index (κ3) is 4.98. The lowest BCUT2D eigenvalue weighted by Gasteiger charge is -2.44. The lowest BCUT2D eigenvalue weighted by Crippen LogP contribution is -2.51. The minimum absolute atomic E-state index is 0.144. The number of carbonyl (C=O) groups excluding carboxylic acids is 2. The third-order valence-electron chi connectivity index (χ3n) is 8.83. The van der Waals surface area contributed by atoms with Gasteiger partial charge in [-0.25, -0.2) is 13.2 Å². The summed E-state index contributed by atoms with van der Waals surface area (Å²) in [6.45, 7) is 1.83. The van der Waals surface area contributed by atoms with Gasteiger partial charge in [-0.1, -0.05) is 0 Å². The Morgan fingerprint density at radius 1 is 0.951 bits per heavy atom. The molecule has 220 valence electrons. The molecule has 1 atom stereocenters. The topological polar surface area (TPSA) is 86.9 Å². The van der Waals surface area contributed by atoms with Crippen LogP contribution in [0.4, 0.5) is 32.0 Å². The van der Waals surface area contributed by atoms with Gasteiger partial charge in [-0.05, 0) is 68.4 Å². The molecule has 0 radical (unpaired) electrons. The smallest absolute Gasteiger partial charge is 0.371 e. The van der Waals surface area contributed by atoms with Crippen molar-refractivity contribution >= 4 is 17.5 Å². The van der Waals surface area contributed by atoms with E-state index in [1.807, 2.05) is 0 Å². The van der Waals surface area contributed by atoms with E-state index in [-0.39, 0.29) is 30.6 Å². The molecule has 3 fully saturated rings. The van der Waals surface area contributed by atoms with E-state index in [1.165, 1.54) is 25.7 Å². The van der Waals surface area contributed by atoms with E-state index in [1.54, 1.807) is 0 Å². The molecule has 1 aliphatic heterocycles. The summed E-state index contributed by atoms with van der Waals surface area (Å²) in [6, 6.07) is 1.87. The van der Waals surface area contributed by atoms with Crippen LogP contribution in [0.15, 0.2) is 24.3 Å². The predicted octanol–water partition coefficient (Wildman–Crippen LogP) is 4.70. The molecule has 2 aromatic rings. The summed E-state index contributed by atoms with van der Waals surface area (Å²) in [4.78, 5) is 29.1. The highest BCUT2D eigenvalue weighted by Crippen LogP contribution is 2.52. The first-order chi connectivity index (χ1) is 19.3. The number of anilines is 1. The minimum Gasteiger partial charge on any atom is -0.371 e. The number of rotatable bonds is 9. The van der Waals surface area contributed by atoms with Crippen LogP contribution in [-0.2, 0) is 16.6 Å². The number of hydrogen-bond acceptors (Lipinski definition) is 4. The minimum atomic E-state index is -5.25. The predicted molar refractivity (Wildman–Crippen MR) is 135 cm³/mol. The fourth-order valence-corrected chi connectivity index (χ4v) is 6.34. The fraction of sp³-hybridized carbons (Fsp3) is 0.517. The molecule has 0 aromatic heterocycles. The highest BCUT2D eigenvalue weighted by atomic mass is 19.4. The number of nitrogens with zero attached hydrogens (tertiary/aromatic N) is 2. The van der Waals surface area contributed by atoms with Crippen LogP contribution in [0, 0.1) is 35.2 Å². The molecular formula is C29H29F6N3O3. The zero-order chi connectivity index (χ0) is 29.4. The van der Waals surface area contributed by atoms with Gasteiger partial charge >= 0.3 is 6.18 Å². The number of amides is 2. The van der Waals surface area contributed by atoms with Crippen molar-refractivity contribution in [3.63, 3.8) is 0 Å². The van der Waals surface area contributed by atoms with E-state index in [2.05, 4.69) is 4.90 Å². The lowest BCUT2D eigenvalue weighted by molar-refractivity contribution is -0.142. The molecule has 6 rings (SSSR count). The second-order valence-corrected chi connectivity index (χ2v) is 12.0. The number of aliphatic hydroxyl groups is 1. The van der Waals surface area contributed by atoms with E-state index in [0.29, 0.717) is 30.7 Å². The molecule has 2 amide bonds. The number of benzene rings is 2. The maximum atomic E-state index is 15.0. The SMILES string of the molecule is NC(=O)c1cc2c(c(C(F)(F)F)c1)C(O)(c1c(F)cc(F)cc1F)C(=O)N2CC1CC(N(CC2CC2)CC2CC2)C1. The number of alkyl halides is 3. The Balaban J connectivity index is 1.38. The van der Waals surface area contributed by atoms with E-state index in [4.69, 9.17) is 5.73 Å². The monoisotopic (exact) mass is 581 g/mol. The Labute approximate surface area is 232 Å². The number of carbonyl (C=O) groups is 2. The van der Waals surface area contributed by atoms with Gasteiger partial charge in [-0.3, -0.25) is 14.5 Å². The summed E-state index contributed by atoms with van der Waals surface area (Å²) >= 11 is 0. The van der Waals surface area contributed by atoms with E-state index in [9.17, 15) is 41.0 Å². The number of halogens is 6. The zero-order valence-electron chi connectivity index (χ0n) is 22.0. The van der Waals surface area contributed by atoms with Gasteiger partial charge in [-0.15, -0.1) is 0 Å². The number of primary amides is 1. The molecule has 1 unspecified atom stereocenters. The number of fused-ring (bicyclic) bond motifs is 1. The maximum Gasteiger partial charge on any atom is 0.416 e. The molecule has 0 spiro atoms. The molecule has 0 saturated heterocycles. The molecule has 2 aromatic carbocycles. The summed E-state index contributed by atoms with van der Waals surface area (Å²) in [7, 11) is 0. The molecule has 3 aliphatic carbocycles. The van der Waals surface area contributed by atoms with Crippen molar-refractivity contribution in [1.29, 1.82) is 0 Å². The van der Waals surface area contributed by atoms with Crippen LogP contribution in [0.1, 0.15) is 65.6 Å². The van der Waals surface area contributed by atoms with Crippen molar-refractivity contribution in [2.45, 2.75) is 56.3 Å². The van der Waals surface area contributed by atoms with Crippen LogP contribution in [-0.4, -0.2) is 47.5 Å². The van der Waals surface area contributed by atoms with Gasteiger partial charge in [0.15, 0.2) is 0 Å². The summed E-state index contributed by atoms with van der Waals surface area (Å²) in [5.74, 6) is -6.30. The Kier molecular flexibility index (Phi) is 6.64. The van der Waals surface area contributed by atoms with E-state index < -0.39 is 69.0 Å². The highest BCUT2D eigenvalue weighted by Gasteiger charge is 2.58. The molecule has 1 heterocycles. The average molecular weight is 582 g/mol. The van der Waals surface area contributed by atoms with Crippen molar-refractivity contribution in [2.75, 3.05) is 24.5 Å². The molecule has 0 bridgehead atoms. The van der Waals surface area contributed by atoms with E-state index in [0.717, 1.165) is 24.1 Å². The number of nitrogens with two attached hydrogens (primary N) is 1. The van der Waals surface area contributed by atoms with Crippen LogP contribution >= 0.6 is 0 Å². The first-order valence-electron chi connectivity index (χ1n) is 13.8. The second kappa shape index (κ2) is 9.72. The highest BCUT2D eigenvalue weighted by molar-refractivity contribution is 6.11. The Hall–Kier alpha value is -3.12.